The number of nitrogens with one attached hydrogen (secondary N) is 1. The van der Waals surface area contributed by atoms with E-state index < -0.39 is 0 Å². The Morgan fingerprint density at radius 3 is 2.38 bits per heavy atom. The highest BCUT2D eigenvalue weighted by Crippen LogP contribution is 2.21. The van der Waals surface area contributed by atoms with Gasteiger partial charge < -0.3 is 10.2 Å². The van der Waals surface area contributed by atoms with E-state index in [1.54, 1.807) is 0 Å². The maximum Gasteiger partial charge on any atom is 0.221 e. The van der Waals surface area contributed by atoms with Gasteiger partial charge in [0.05, 0.1) is 0 Å². The number of benzene rings is 2. The molecule has 1 heterocycles. The van der Waals surface area contributed by atoms with Gasteiger partial charge in [-0.3, -0.25) is 4.79 Å². The van der Waals surface area contributed by atoms with Crippen molar-refractivity contribution in [1.82, 2.24) is 10.2 Å². The molecule has 138 valence electrons. The number of hydrogen-bond donors (Lipinski definition) is 1. The first-order chi connectivity index (χ1) is 12.7. The molecule has 1 aliphatic rings. The molecule has 4 heteroatoms. The van der Waals surface area contributed by atoms with Crippen molar-refractivity contribution in [1.29, 1.82) is 0 Å². The summed E-state index contributed by atoms with van der Waals surface area (Å²) in [6.07, 6.45) is 4.19. The van der Waals surface area contributed by atoms with Crippen LogP contribution < -0.4 is 5.32 Å². The Morgan fingerprint density at radius 1 is 1.00 bits per heavy atom. The summed E-state index contributed by atoms with van der Waals surface area (Å²) < 4.78 is 0. The third kappa shape index (κ3) is 6.15. The first-order valence-corrected chi connectivity index (χ1v) is 9.84. The maximum absolute atomic E-state index is 12.1. The van der Waals surface area contributed by atoms with Crippen LogP contribution in [-0.4, -0.2) is 30.4 Å². The molecule has 26 heavy (non-hydrogen) atoms. The van der Waals surface area contributed by atoms with Gasteiger partial charge in [0.15, 0.2) is 0 Å². The number of amides is 1. The van der Waals surface area contributed by atoms with Gasteiger partial charge in [-0.25, -0.2) is 0 Å². The van der Waals surface area contributed by atoms with Crippen LogP contribution in [-0.2, 0) is 17.8 Å². The summed E-state index contributed by atoms with van der Waals surface area (Å²) >= 11 is 5.87. The van der Waals surface area contributed by atoms with E-state index in [9.17, 15) is 4.79 Å². The quantitative estimate of drug-likeness (QED) is 0.788. The van der Waals surface area contributed by atoms with E-state index in [1.165, 1.54) is 24.8 Å². The number of hydrogen-bond acceptors (Lipinski definition) is 2. The zero-order valence-corrected chi connectivity index (χ0v) is 15.9. The Morgan fingerprint density at radius 2 is 1.69 bits per heavy atom. The van der Waals surface area contributed by atoms with Crippen LogP contribution >= 0.6 is 11.6 Å². The normalized spacial score (nSPS) is 15.7. The Kier molecular flexibility index (Phi) is 7.10. The van der Waals surface area contributed by atoms with Gasteiger partial charge >= 0.3 is 0 Å². The van der Waals surface area contributed by atoms with Crippen LogP contribution in [0.4, 0.5) is 0 Å². The third-order valence-corrected chi connectivity index (χ3v) is 5.38. The Hall–Kier alpha value is -1.84. The Bertz CT molecular complexity index is 679. The zero-order valence-electron chi connectivity index (χ0n) is 15.2. The van der Waals surface area contributed by atoms with Crippen molar-refractivity contribution in [3.05, 3.63) is 70.7 Å². The molecular formula is C22H27ClN2O. The zero-order chi connectivity index (χ0) is 18.2. The lowest BCUT2D eigenvalue weighted by Crippen LogP contribution is -2.37. The lowest BCUT2D eigenvalue weighted by Gasteiger charge is -2.31. The molecular weight excluding hydrogens is 344 g/mol. The van der Waals surface area contributed by atoms with Crippen molar-refractivity contribution in [2.45, 2.75) is 32.2 Å². The summed E-state index contributed by atoms with van der Waals surface area (Å²) in [4.78, 5) is 14.5. The summed E-state index contributed by atoms with van der Waals surface area (Å²) in [6.45, 7) is 3.61. The Labute approximate surface area is 161 Å². The van der Waals surface area contributed by atoms with Crippen molar-refractivity contribution >= 4 is 17.5 Å². The second-order valence-corrected chi connectivity index (χ2v) is 7.56. The minimum absolute atomic E-state index is 0.117. The molecule has 0 aliphatic carbocycles. The predicted octanol–water partition coefficient (Wildman–Crippen LogP) is 4.30. The number of carbonyl (C=O) groups is 1. The van der Waals surface area contributed by atoms with Crippen LogP contribution in [0.1, 0.15) is 30.4 Å². The summed E-state index contributed by atoms with van der Waals surface area (Å²) in [5.74, 6) is 0.888. The van der Waals surface area contributed by atoms with Crippen molar-refractivity contribution < 1.29 is 4.79 Å². The number of nitrogens with zero attached hydrogens (tertiary/aromatic N) is 1. The first-order valence-electron chi connectivity index (χ1n) is 9.46. The molecule has 3 nitrogen and oxygen atoms in total. The highest BCUT2D eigenvalue weighted by Gasteiger charge is 2.19. The molecule has 0 atom stereocenters. The number of piperidine rings is 1. The summed E-state index contributed by atoms with van der Waals surface area (Å²) in [5, 5.41) is 3.71. The van der Waals surface area contributed by atoms with Crippen LogP contribution in [0, 0.1) is 5.92 Å². The van der Waals surface area contributed by atoms with Crippen molar-refractivity contribution in [3.8, 4) is 0 Å². The average Bonchev–Trinajstić information content (AvgIpc) is 2.68. The second-order valence-electron chi connectivity index (χ2n) is 7.13. The fourth-order valence-corrected chi connectivity index (χ4v) is 3.64. The number of rotatable bonds is 7. The topological polar surface area (TPSA) is 32.3 Å². The van der Waals surface area contributed by atoms with E-state index in [0.717, 1.165) is 36.1 Å². The fraction of sp³-hybridized carbons (Fsp3) is 0.409. The highest BCUT2D eigenvalue weighted by atomic mass is 35.5. The SMILES string of the molecule is O=C(CCN1CCC(Cc2ccccc2)CC1)NCc1ccc(Cl)cc1. The van der Waals surface area contributed by atoms with Crippen molar-refractivity contribution in [2.75, 3.05) is 19.6 Å². The van der Waals surface area contributed by atoms with Crippen molar-refractivity contribution in [2.24, 2.45) is 5.92 Å². The molecule has 2 aromatic rings. The van der Waals surface area contributed by atoms with Crippen LogP contribution in [0.5, 0.6) is 0 Å². The lowest BCUT2D eigenvalue weighted by molar-refractivity contribution is -0.121. The van der Waals surface area contributed by atoms with Gasteiger partial charge in [0.25, 0.3) is 0 Å². The second kappa shape index (κ2) is 9.75. The molecule has 3 rings (SSSR count). The minimum Gasteiger partial charge on any atom is -0.352 e. The number of likely N-dealkylation sites (tertiary alicyclic amines) is 1. The average molecular weight is 371 g/mol. The molecule has 1 fully saturated rings. The van der Waals surface area contributed by atoms with Crippen LogP contribution in [0.3, 0.4) is 0 Å². The molecule has 1 amide bonds. The van der Waals surface area contributed by atoms with E-state index in [0.29, 0.717) is 13.0 Å². The molecule has 0 bridgehead atoms. The molecule has 1 saturated heterocycles. The monoisotopic (exact) mass is 370 g/mol. The lowest BCUT2D eigenvalue weighted by atomic mass is 9.90. The number of halogens is 1. The van der Waals surface area contributed by atoms with Gasteiger partial charge in [0.2, 0.25) is 5.91 Å². The molecule has 0 saturated carbocycles. The highest BCUT2D eigenvalue weighted by molar-refractivity contribution is 6.30. The van der Waals surface area contributed by atoms with Crippen molar-refractivity contribution in [3.63, 3.8) is 0 Å². The molecule has 0 unspecified atom stereocenters. The summed E-state index contributed by atoms with van der Waals surface area (Å²) in [5.41, 5.74) is 2.51. The van der Waals surface area contributed by atoms with Gasteiger partial charge in [-0.1, -0.05) is 54.1 Å². The number of carbonyl (C=O) groups excluding carboxylic acids is 1. The van der Waals surface area contributed by atoms with Crippen LogP contribution in [0.25, 0.3) is 0 Å². The summed E-state index contributed by atoms with van der Waals surface area (Å²) in [7, 11) is 0. The van der Waals surface area contributed by atoms with Crippen LogP contribution in [0.15, 0.2) is 54.6 Å². The molecule has 0 radical (unpaired) electrons. The smallest absolute Gasteiger partial charge is 0.221 e. The maximum atomic E-state index is 12.1. The molecule has 1 N–H and O–H groups in total. The Balaban J connectivity index is 1.32. The molecule has 2 aromatic carbocycles. The summed E-state index contributed by atoms with van der Waals surface area (Å²) in [6, 6.07) is 18.3. The van der Waals surface area contributed by atoms with Gasteiger partial charge in [-0.15, -0.1) is 0 Å². The van der Waals surface area contributed by atoms with E-state index >= 15 is 0 Å². The van der Waals surface area contributed by atoms with Gasteiger partial charge in [0.1, 0.15) is 0 Å². The van der Waals surface area contributed by atoms with E-state index in [1.807, 2.05) is 24.3 Å². The van der Waals surface area contributed by atoms with E-state index in [2.05, 4.69) is 40.5 Å². The minimum atomic E-state index is 0.117. The van der Waals surface area contributed by atoms with Gasteiger partial charge in [-0.2, -0.15) is 0 Å². The fourth-order valence-electron chi connectivity index (χ4n) is 3.51. The predicted molar refractivity (Wildman–Crippen MR) is 107 cm³/mol. The third-order valence-electron chi connectivity index (χ3n) is 5.13. The molecule has 0 aromatic heterocycles. The largest absolute Gasteiger partial charge is 0.352 e. The van der Waals surface area contributed by atoms with Crippen LogP contribution in [0.2, 0.25) is 5.02 Å². The van der Waals surface area contributed by atoms with E-state index in [-0.39, 0.29) is 5.91 Å². The molecule has 1 aliphatic heterocycles. The van der Waals surface area contributed by atoms with Gasteiger partial charge in [-0.05, 0) is 61.5 Å². The molecule has 0 spiro atoms. The first kappa shape index (κ1) is 18.9. The standard InChI is InChI=1S/C22H27ClN2O/c23-21-8-6-20(7-9-21)17-24-22(26)12-15-25-13-10-19(11-14-25)16-18-4-2-1-3-5-18/h1-9,19H,10-17H2,(H,24,26). The van der Waals surface area contributed by atoms with E-state index in [4.69, 9.17) is 11.6 Å². The van der Waals surface area contributed by atoms with Gasteiger partial charge in [0, 0.05) is 24.5 Å².